The summed E-state index contributed by atoms with van der Waals surface area (Å²) in [5, 5.41) is 10.7. The van der Waals surface area contributed by atoms with Crippen LogP contribution in [-0.2, 0) is 65.4 Å². The van der Waals surface area contributed by atoms with Crippen LogP contribution in [0, 0.1) is 11.8 Å². The molecule has 6 atom stereocenters. The fourth-order valence-electron chi connectivity index (χ4n) is 14.8. The molecule has 672 valence electrons. The summed E-state index contributed by atoms with van der Waals surface area (Å²) in [6.45, 7) is 9.75. The van der Waals surface area contributed by atoms with Gasteiger partial charge in [0.15, 0.2) is 12.2 Å². The molecule has 0 saturated heterocycles. The number of carbonyl (C=O) groups is 4. The van der Waals surface area contributed by atoms with Gasteiger partial charge in [0.25, 0.3) is 0 Å². The second kappa shape index (κ2) is 85.1. The number of hydrogen-bond donors (Lipinski definition) is 3. The first-order chi connectivity index (χ1) is 54.9. The van der Waals surface area contributed by atoms with Crippen molar-refractivity contribution in [2.24, 2.45) is 11.8 Å². The van der Waals surface area contributed by atoms with Crippen LogP contribution in [0.5, 0.6) is 0 Å². The van der Waals surface area contributed by atoms with Crippen molar-refractivity contribution in [2.45, 2.75) is 529 Å². The number of esters is 4. The lowest BCUT2D eigenvalue weighted by molar-refractivity contribution is -0.161. The zero-order valence-corrected chi connectivity index (χ0v) is 76.5. The molecule has 0 rings (SSSR count). The van der Waals surface area contributed by atoms with E-state index in [9.17, 15) is 43.2 Å². The van der Waals surface area contributed by atoms with Gasteiger partial charge in [0.2, 0.25) is 0 Å². The van der Waals surface area contributed by atoms with E-state index in [2.05, 4.69) is 41.5 Å². The summed E-state index contributed by atoms with van der Waals surface area (Å²) in [7, 11) is -9.94. The monoisotopic (exact) mass is 1650 g/mol. The average molecular weight is 1650 g/mol. The molecule has 17 nitrogen and oxygen atoms in total. The summed E-state index contributed by atoms with van der Waals surface area (Å²) >= 11 is 0. The number of carbonyl (C=O) groups excluding carboxylic acids is 4. The summed E-state index contributed by atoms with van der Waals surface area (Å²) in [6, 6.07) is 0. The van der Waals surface area contributed by atoms with Crippen LogP contribution in [-0.4, -0.2) is 96.7 Å². The van der Waals surface area contributed by atoms with E-state index in [0.29, 0.717) is 25.7 Å². The number of phosphoric ester groups is 2. The first kappa shape index (κ1) is 111. The number of rotatable bonds is 93. The third-order valence-corrected chi connectivity index (χ3v) is 24.5. The molecule has 0 aliphatic carbocycles. The smallest absolute Gasteiger partial charge is 0.462 e. The molecule has 19 heteroatoms. The Balaban J connectivity index is 5.22. The standard InChI is InChI=1S/C94H184O17P2/c1-7-10-12-14-16-18-20-22-24-26-28-29-30-31-36-39-43-47-51-58-64-70-76-91(96)104-82-89(110-93(98)78-73-67-61-53-49-45-41-37-33-32-34-38-42-46-50-57-63-69-75-87(6)9-3)84-108-112(100,101)106-80-88(95)81-107-113(102,103)109-85-90(83-105-92(97)77-71-65-59-55-54-56-62-68-74-86(4)5)111-94(99)79-72-66-60-52-48-44-40-35-27-25-23-21-19-17-15-13-11-8-2/h86-90,95H,7-85H2,1-6H3,(H,100,101)(H,102,103)/t87?,88-,89-,90-/m1/s1. The van der Waals surface area contributed by atoms with E-state index in [1.54, 1.807) is 0 Å². The van der Waals surface area contributed by atoms with Crippen LogP contribution < -0.4 is 0 Å². The molecule has 0 saturated carbocycles. The number of hydrogen-bond acceptors (Lipinski definition) is 15. The highest BCUT2D eigenvalue weighted by atomic mass is 31.2. The summed E-state index contributed by atoms with van der Waals surface area (Å²) in [4.78, 5) is 73.5. The molecule has 0 fully saturated rings. The SMILES string of the molecule is CCCCCCCCCCCCCCCCCCCCCCCCC(=O)OC[C@H](COP(=O)(O)OC[C@@H](O)COP(=O)(O)OC[C@@H](COC(=O)CCCCCCCCCCC(C)C)OC(=O)CCCCCCCCCCCCCCCCCCCC)OC(=O)CCCCCCCCCCCCCCCCCCCCC(C)CC. The molecule has 3 N–H and O–H groups in total. The van der Waals surface area contributed by atoms with Gasteiger partial charge in [0, 0.05) is 25.7 Å². The quantitative estimate of drug-likeness (QED) is 0.0222. The molecule has 0 radical (unpaired) electrons. The summed E-state index contributed by atoms with van der Waals surface area (Å²) in [6.07, 6.45) is 80.8. The van der Waals surface area contributed by atoms with Gasteiger partial charge in [-0.2, -0.15) is 0 Å². The van der Waals surface area contributed by atoms with Gasteiger partial charge in [-0.25, -0.2) is 9.13 Å². The van der Waals surface area contributed by atoms with Crippen molar-refractivity contribution in [2.75, 3.05) is 39.6 Å². The Labute approximate surface area is 696 Å². The van der Waals surface area contributed by atoms with Gasteiger partial charge in [0.05, 0.1) is 26.4 Å². The fraction of sp³-hybridized carbons (Fsp3) is 0.957. The van der Waals surface area contributed by atoms with Crippen molar-refractivity contribution < 1.29 is 80.2 Å². The van der Waals surface area contributed by atoms with Crippen LogP contribution in [0.25, 0.3) is 0 Å². The zero-order chi connectivity index (χ0) is 82.7. The Morgan fingerprint density at radius 3 is 0.673 bits per heavy atom. The van der Waals surface area contributed by atoms with Gasteiger partial charge in [0.1, 0.15) is 19.3 Å². The highest BCUT2D eigenvalue weighted by Crippen LogP contribution is 2.45. The Morgan fingerprint density at radius 2 is 0.451 bits per heavy atom. The molecule has 113 heavy (non-hydrogen) atoms. The van der Waals surface area contributed by atoms with Crippen molar-refractivity contribution in [3.05, 3.63) is 0 Å². The van der Waals surface area contributed by atoms with Gasteiger partial charge in [-0.15, -0.1) is 0 Å². The molecule has 3 unspecified atom stereocenters. The fourth-order valence-corrected chi connectivity index (χ4v) is 16.4. The summed E-state index contributed by atoms with van der Waals surface area (Å²) in [5.41, 5.74) is 0. The molecule has 0 aliphatic rings. The highest BCUT2D eigenvalue weighted by molar-refractivity contribution is 7.47. The van der Waals surface area contributed by atoms with Crippen molar-refractivity contribution in [1.82, 2.24) is 0 Å². The molecule has 0 aliphatic heterocycles. The summed E-state index contributed by atoms with van der Waals surface area (Å²) < 4.78 is 69.1. The predicted octanol–water partition coefficient (Wildman–Crippen LogP) is 29.4. The van der Waals surface area contributed by atoms with Crippen LogP contribution in [0.2, 0.25) is 0 Å². The normalized spacial score (nSPS) is 13.9. The van der Waals surface area contributed by atoms with Crippen molar-refractivity contribution in [3.8, 4) is 0 Å². The molecule has 0 bridgehead atoms. The van der Waals surface area contributed by atoms with E-state index in [1.807, 2.05) is 0 Å². The second-order valence-electron chi connectivity index (χ2n) is 34.5. The third-order valence-electron chi connectivity index (χ3n) is 22.6. The minimum Gasteiger partial charge on any atom is -0.462 e. The summed E-state index contributed by atoms with van der Waals surface area (Å²) in [5.74, 6) is -0.497. The average Bonchev–Trinajstić information content (AvgIpc) is 0.895. The Hall–Kier alpha value is -1.94. The maximum Gasteiger partial charge on any atom is 0.472 e. The lowest BCUT2D eigenvalue weighted by Crippen LogP contribution is -2.30. The highest BCUT2D eigenvalue weighted by Gasteiger charge is 2.31. The van der Waals surface area contributed by atoms with Gasteiger partial charge in [-0.05, 0) is 37.5 Å². The molecule has 0 heterocycles. The first-order valence-corrected chi connectivity index (χ1v) is 51.5. The molecular weight excluding hydrogens is 1460 g/mol. The molecule has 0 amide bonds. The number of phosphoric acid groups is 2. The molecule has 0 spiro atoms. The number of aliphatic hydroxyl groups is 1. The van der Waals surface area contributed by atoms with Gasteiger partial charge in [-0.1, -0.05) is 459 Å². The Morgan fingerprint density at radius 1 is 0.257 bits per heavy atom. The van der Waals surface area contributed by atoms with E-state index >= 15 is 0 Å². The molecular formula is C94H184O17P2. The Kier molecular flexibility index (Phi) is 83.6. The number of unbranched alkanes of at least 4 members (excludes halogenated alkanes) is 62. The predicted molar refractivity (Wildman–Crippen MR) is 469 cm³/mol. The zero-order valence-electron chi connectivity index (χ0n) is 74.7. The lowest BCUT2D eigenvalue weighted by Gasteiger charge is -2.21. The van der Waals surface area contributed by atoms with Crippen molar-refractivity contribution in [1.29, 1.82) is 0 Å². The largest absolute Gasteiger partial charge is 0.472 e. The maximum absolute atomic E-state index is 13.2. The van der Waals surface area contributed by atoms with Gasteiger partial charge in [-0.3, -0.25) is 37.3 Å². The minimum atomic E-state index is -4.97. The third kappa shape index (κ3) is 86.3. The van der Waals surface area contributed by atoms with Crippen molar-refractivity contribution in [3.63, 3.8) is 0 Å². The minimum absolute atomic E-state index is 0.108. The van der Waals surface area contributed by atoms with Crippen LogP contribution in [0.3, 0.4) is 0 Å². The van der Waals surface area contributed by atoms with Gasteiger partial charge >= 0.3 is 39.5 Å². The van der Waals surface area contributed by atoms with Crippen molar-refractivity contribution >= 4 is 39.5 Å². The Bertz CT molecular complexity index is 2150. The molecule has 0 aromatic rings. The van der Waals surface area contributed by atoms with E-state index < -0.39 is 97.5 Å². The van der Waals surface area contributed by atoms with E-state index in [1.165, 1.54) is 327 Å². The lowest BCUT2D eigenvalue weighted by atomic mass is 9.99. The molecule has 0 aromatic heterocycles. The van der Waals surface area contributed by atoms with Crippen LogP contribution in [0.1, 0.15) is 510 Å². The number of aliphatic hydroxyl groups excluding tert-OH is 1. The van der Waals surface area contributed by atoms with E-state index in [4.69, 9.17) is 37.0 Å². The second-order valence-corrected chi connectivity index (χ2v) is 37.4. The van der Waals surface area contributed by atoms with Gasteiger partial charge < -0.3 is 33.8 Å². The van der Waals surface area contributed by atoms with Crippen LogP contribution in [0.15, 0.2) is 0 Å². The molecule has 0 aromatic carbocycles. The number of ether oxygens (including phenoxy) is 4. The van der Waals surface area contributed by atoms with E-state index in [0.717, 1.165) is 102 Å². The topological polar surface area (TPSA) is 237 Å². The van der Waals surface area contributed by atoms with E-state index in [-0.39, 0.29) is 25.7 Å². The van der Waals surface area contributed by atoms with Crippen LogP contribution >= 0.6 is 15.6 Å². The maximum atomic E-state index is 13.2. The van der Waals surface area contributed by atoms with Crippen LogP contribution in [0.4, 0.5) is 0 Å². The first-order valence-electron chi connectivity index (χ1n) is 48.5.